The maximum atomic E-state index is 12.4. The van der Waals surface area contributed by atoms with Crippen molar-refractivity contribution in [2.24, 2.45) is 0 Å². The molecule has 0 aromatic heterocycles. The summed E-state index contributed by atoms with van der Waals surface area (Å²) in [4.78, 5) is 14.7. The summed E-state index contributed by atoms with van der Waals surface area (Å²) in [5.41, 5.74) is 7.14. The predicted molar refractivity (Wildman–Crippen MR) is 198 cm³/mol. The largest absolute Gasteiger partial charge is 0.453 e. The molecule has 0 bridgehead atoms. The number of allylic oxidation sites excluding steroid dienone is 8. The summed E-state index contributed by atoms with van der Waals surface area (Å²) in [6, 6.07) is 16.8. The Morgan fingerprint density at radius 2 is 1.60 bits per heavy atom. The predicted octanol–water partition coefficient (Wildman–Crippen LogP) is 10.7. The molecule has 0 saturated carbocycles. The van der Waals surface area contributed by atoms with E-state index in [1.54, 1.807) is 13.8 Å². The number of aryl methyl sites for hydroxylation is 2. The minimum atomic E-state index is -1.04. The fourth-order valence-corrected chi connectivity index (χ4v) is 5.00. The Kier molecular flexibility index (Phi) is 17.6. The number of ether oxygens (including phenoxy) is 2. The first kappa shape index (κ1) is 38.7. The maximum Gasteiger partial charge on any atom is 0.312 e. The molecule has 4 nitrogen and oxygen atoms in total. The van der Waals surface area contributed by atoms with Gasteiger partial charge in [0.1, 0.15) is 5.76 Å². The number of terminal acetylenes is 1. The number of hydrogen-bond acceptors (Lipinski definition) is 4. The quantitative estimate of drug-likeness (QED) is 0.193. The third kappa shape index (κ3) is 15.6. The lowest BCUT2D eigenvalue weighted by Crippen LogP contribution is -2.31. The van der Waals surface area contributed by atoms with Crippen molar-refractivity contribution in [3.63, 3.8) is 0 Å². The Hall–Kier alpha value is -4.49. The summed E-state index contributed by atoms with van der Waals surface area (Å²) in [6.07, 6.45) is 28.7. The molecule has 0 spiro atoms. The zero-order valence-corrected chi connectivity index (χ0v) is 29.6. The Labute approximate surface area is 285 Å². The zero-order chi connectivity index (χ0) is 34.5. The molecule has 1 heterocycles. The molecule has 0 fully saturated rings. The Morgan fingerprint density at radius 1 is 0.894 bits per heavy atom. The van der Waals surface area contributed by atoms with E-state index in [2.05, 4.69) is 98.0 Å². The van der Waals surface area contributed by atoms with E-state index in [0.29, 0.717) is 5.76 Å². The molecule has 0 atom stereocenters. The molecular weight excluding hydrogens is 578 g/mol. The first-order valence-electron chi connectivity index (χ1n) is 17.0. The average Bonchev–Trinajstić information content (AvgIpc) is 3.34. The fourth-order valence-electron chi connectivity index (χ4n) is 5.00. The van der Waals surface area contributed by atoms with E-state index < -0.39 is 5.79 Å². The Bertz CT molecular complexity index is 1440. The highest BCUT2D eigenvalue weighted by atomic mass is 16.7. The molecule has 4 heteroatoms. The van der Waals surface area contributed by atoms with Gasteiger partial charge < -0.3 is 14.4 Å². The number of unbranched alkanes of at least 4 members (excludes halogenated alkanes) is 1. The second kappa shape index (κ2) is 21.3. The third-order valence-corrected chi connectivity index (χ3v) is 7.42. The topological polar surface area (TPSA) is 38.8 Å². The van der Waals surface area contributed by atoms with Crippen molar-refractivity contribution >= 4 is 5.97 Å². The molecule has 1 aliphatic heterocycles. The monoisotopic (exact) mass is 633 g/mol. The molecule has 4 rings (SSSR count). The second-order valence-corrected chi connectivity index (χ2v) is 11.9. The molecule has 0 saturated heterocycles. The van der Waals surface area contributed by atoms with Crippen LogP contribution in [0.15, 0.2) is 121 Å². The average molecular weight is 634 g/mol. The molecule has 0 N–H and O–H groups in total. The molecule has 47 heavy (non-hydrogen) atoms. The van der Waals surface area contributed by atoms with Gasteiger partial charge in [0.05, 0.1) is 6.42 Å². The van der Waals surface area contributed by atoms with Crippen molar-refractivity contribution in [2.75, 3.05) is 6.54 Å². The van der Waals surface area contributed by atoms with Crippen molar-refractivity contribution in [2.45, 2.75) is 98.8 Å². The summed E-state index contributed by atoms with van der Waals surface area (Å²) >= 11 is 0. The van der Waals surface area contributed by atoms with Gasteiger partial charge in [0.2, 0.25) is 5.79 Å². The van der Waals surface area contributed by atoms with E-state index in [1.165, 1.54) is 41.5 Å². The van der Waals surface area contributed by atoms with Crippen molar-refractivity contribution in [1.29, 1.82) is 0 Å². The Balaban J connectivity index is 0.000000458. The van der Waals surface area contributed by atoms with Crippen molar-refractivity contribution in [1.82, 2.24) is 4.90 Å². The molecule has 2 aromatic carbocycles. The van der Waals surface area contributed by atoms with Crippen LogP contribution in [0.1, 0.15) is 95.4 Å². The molecule has 0 amide bonds. The summed E-state index contributed by atoms with van der Waals surface area (Å²) in [6.45, 7) is 17.3. The van der Waals surface area contributed by atoms with Crippen LogP contribution in [-0.2, 0) is 27.2 Å². The normalized spacial score (nSPS) is 17.0. The van der Waals surface area contributed by atoms with Crippen LogP contribution < -0.4 is 0 Å². The van der Waals surface area contributed by atoms with Gasteiger partial charge in [0, 0.05) is 38.2 Å². The number of cyclic esters (lactones) is 1. The molecule has 0 radical (unpaired) electrons. The van der Waals surface area contributed by atoms with Crippen LogP contribution in [0.5, 0.6) is 0 Å². The van der Waals surface area contributed by atoms with Gasteiger partial charge in [-0.3, -0.25) is 4.79 Å². The maximum absolute atomic E-state index is 12.4. The summed E-state index contributed by atoms with van der Waals surface area (Å²) < 4.78 is 11.2. The van der Waals surface area contributed by atoms with Crippen LogP contribution in [0.2, 0.25) is 0 Å². The lowest BCUT2D eigenvalue weighted by molar-refractivity contribution is -0.199. The van der Waals surface area contributed by atoms with E-state index in [1.807, 2.05) is 44.2 Å². The lowest BCUT2D eigenvalue weighted by Gasteiger charge is -2.29. The molecule has 250 valence electrons. The first-order chi connectivity index (χ1) is 22.7. The number of nitrogens with zero attached hydrogens (tertiary/aromatic N) is 1. The van der Waals surface area contributed by atoms with E-state index in [0.717, 1.165) is 43.6 Å². The van der Waals surface area contributed by atoms with Crippen LogP contribution in [0.25, 0.3) is 0 Å². The van der Waals surface area contributed by atoms with Crippen LogP contribution in [0.3, 0.4) is 0 Å². The Morgan fingerprint density at radius 3 is 2.28 bits per heavy atom. The van der Waals surface area contributed by atoms with Gasteiger partial charge in [0.25, 0.3) is 0 Å². The van der Waals surface area contributed by atoms with Gasteiger partial charge in [-0.25, -0.2) is 0 Å². The van der Waals surface area contributed by atoms with Crippen molar-refractivity contribution < 1.29 is 14.3 Å². The number of rotatable bonds is 10. The summed E-state index contributed by atoms with van der Waals surface area (Å²) in [7, 11) is 0. The fraction of sp³-hybridized carbons (Fsp3) is 0.372. The molecular formula is C43H55NO3. The minimum absolute atomic E-state index is 0.183. The standard InChI is InChI=1S/C29H35NO3.C12H14.C2H6/c1-23-13-16-26(17-14-23)22-30(21-9-12-25-10-7-5-6-8-11-25)27-18-15-24(2)32-29(3,4)33-28(31)20-19-27;1-3-5-6-12-9-7-11(4-2)8-10-12;1-2/h5-7,10-11,13-19H,2,8-9,12,20-22H2,1,3-4H3;2,7-10H,3,5-6H2,1H3;1-2H3/b18-15-,27-19+;;. The van der Waals surface area contributed by atoms with Gasteiger partial charge in [-0.1, -0.05) is 118 Å². The highest BCUT2D eigenvalue weighted by Gasteiger charge is 2.25. The number of esters is 1. The third-order valence-electron chi connectivity index (χ3n) is 7.42. The van der Waals surface area contributed by atoms with Gasteiger partial charge in [-0.15, -0.1) is 6.42 Å². The van der Waals surface area contributed by atoms with Gasteiger partial charge in [0.15, 0.2) is 0 Å². The summed E-state index contributed by atoms with van der Waals surface area (Å²) in [5.74, 6) is 1.70. The minimum Gasteiger partial charge on any atom is -0.453 e. The van der Waals surface area contributed by atoms with Crippen LogP contribution in [0, 0.1) is 19.3 Å². The summed E-state index contributed by atoms with van der Waals surface area (Å²) in [5, 5.41) is 0. The number of carbonyl (C=O) groups excluding carboxylic acids is 1. The van der Waals surface area contributed by atoms with Gasteiger partial charge >= 0.3 is 5.97 Å². The molecule has 1 aliphatic carbocycles. The van der Waals surface area contributed by atoms with E-state index in [9.17, 15) is 4.79 Å². The smallest absolute Gasteiger partial charge is 0.312 e. The number of carbonyl (C=O) groups is 1. The van der Waals surface area contributed by atoms with E-state index >= 15 is 0 Å². The lowest BCUT2D eigenvalue weighted by atomic mass is 10.1. The number of benzene rings is 2. The second-order valence-electron chi connectivity index (χ2n) is 11.9. The van der Waals surface area contributed by atoms with E-state index in [-0.39, 0.29) is 12.4 Å². The highest BCUT2D eigenvalue weighted by Crippen LogP contribution is 2.23. The van der Waals surface area contributed by atoms with Crippen LogP contribution >= 0.6 is 0 Å². The van der Waals surface area contributed by atoms with Crippen molar-refractivity contribution in [3.05, 3.63) is 143 Å². The molecule has 0 unspecified atom stereocenters. The van der Waals surface area contributed by atoms with Crippen molar-refractivity contribution in [3.8, 4) is 12.3 Å². The van der Waals surface area contributed by atoms with Gasteiger partial charge in [-0.2, -0.15) is 0 Å². The van der Waals surface area contributed by atoms with Gasteiger partial charge in [-0.05, 0) is 80.5 Å². The highest BCUT2D eigenvalue weighted by molar-refractivity contribution is 5.71. The van der Waals surface area contributed by atoms with Crippen LogP contribution in [-0.4, -0.2) is 23.2 Å². The number of hydrogen-bond donors (Lipinski definition) is 0. The first-order valence-corrected chi connectivity index (χ1v) is 17.0. The SMILES string of the molecule is C#Cc1ccc(CCCC)cc1.C=C1/C=C\C(N(CCCC2=CCC=CC=C2)Cc2ccc(C)cc2)=C/CC(=O)OC(C)(C)O1.CC. The molecule has 2 aliphatic rings. The van der Waals surface area contributed by atoms with E-state index in [4.69, 9.17) is 15.9 Å². The van der Waals surface area contributed by atoms with Crippen LogP contribution in [0.4, 0.5) is 0 Å². The zero-order valence-electron chi connectivity index (χ0n) is 29.6. The molecule has 2 aromatic rings.